The van der Waals surface area contributed by atoms with Gasteiger partial charge in [0, 0.05) is 0 Å². The molecule has 0 bridgehead atoms. The van der Waals surface area contributed by atoms with E-state index in [1.165, 1.54) is 0 Å². The van der Waals surface area contributed by atoms with Crippen LogP contribution >= 0.6 is 0 Å². The molecule has 62 valence electrons. The summed E-state index contributed by atoms with van der Waals surface area (Å²) in [4.78, 5) is 8.56. The Labute approximate surface area is 91.8 Å². The Bertz CT molecular complexity index is 208. The van der Waals surface area contributed by atoms with Gasteiger partial charge in [0.2, 0.25) is 0 Å². The van der Waals surface area contributed by atoms with Crippen molar-refractivity contribution in [3.05, 3.63) is 30.3 Å². The van der Waals surface area contributed by atoms with Crippen LogP contribution in [0.2, 0.25) is 0 Å². The molecule has 0 unspecified atom stereocenters. The van der Waals surface area contributed by atoms with Crippen LogP contribution in [0, 0.1) is 0 Å². The first-order valence-corrected chi connectivity index (χ1v) is 2.79. The fourth-order valence-corrected chi connectivity index (χ4v) is 0.428. The molecule has 5 heteroatoms. The number of para-hydroxylation sites is 1. The van der Waals surface area contributed by atoms with Crippen molar-refractivity contribution >= 4 is 35.7 Å². The van der Waals surface area contributed by atoms with Gasteiger partial charge in [0.25, 0.3) is 0 Å². The molecule has 0 amide bonds. The van der Waals surface area contributed by atoms with Gasteiger partial charge in [-0.05, 0) is 12.1 Å². The van der Waals surface area contributed by atoms with Crippen LogP contribution < -0.4 is 0 Å². The Morgan fingerprint density at radius 2 is 1.42 bits per heavy atom. The number of phenolic OH excluding ortho intramolecular Hbond substituents is 1. The van der Waals surface area contributed by atoms with Crippen LogP contribution in [0.25, 0.3) is 0 Å². The monoisotopic (exact) mass is 180 g/mol. The van der Waals surface area contributed by atoms with E-state index in [1.807, 2.05) is 6.07 Å². The molecule has 0 saturated heterocycles. The molecule has 1 aromatic rings. The van der Waals surface area contributed by atoms with E-state index in [9.17, 15) is 0 Å². The van der Waals surface area contributed by atoms with Crippen LogP contribution in [0.15, 0.2) is 30.3 Å². The number of phenols is 1. The van der Waals surface area contributed by atoms with Crippen molar-refractivity contribution in [2.75, 3.05) is 0 Å². The summed E-state index contributed by atoms with van der Waals surface area (Å²) in [5.41, 5.74) is 0. The molecule has 12 heavy (non-hydrogen) atoms. The summed E-state index contributed by atoms with van der Waals surface area (Å²) in [6, 6.07) is 8.71. The molecule has 0 aromatic heterocycles. The molecular weight excluding hydrogens is 171 g/mol. The zero-order valence-electron chi connectivity index (χ0n) is 5.64. The van der Waals surface area contributed by atoms with Gasteiger partial charge in [0.15, 0.2) is 0 Å². The molecule has 0 spiro atoms. The van der Waals surface area contributed by atoms with Gasteiger partial charge in [-0.2, -0.15) is 0 Å². The topological polar surface area (TPSA) is 77.8 Å². The third-order valence-electron chi connectivity index (χ3n) is 0.756. The molecule has 0 heterocycles. The van der Waals surface area contributed by atoms with Gasteiger partial charge in [-0.1, -0.05) is 18.2 Å². The zero-order chi connectivity index (χ0) is 8.69. The van der Waals surface area contributed by atoms with Crippen molar-refractivity contribution in [1.29, 1.82) is 0 Å². The summed E-state index contributed by atoms with van der Waals surface area (Å²) < 4.78 is 0. The average molecular weight is 180 g/mol. The summed E-state index contributed by atoms with van der Waals surface area (Å²) in [6.45, 7) is 0. The standard InChI is InChI=1S/C6H6O.CH2O3.Na.H/c7-6-4-2-1-3-5-6;2-1(3)4;;/h1-5,7H;(H2,2,3,4);;. The van der Waals surface area contributed by atoms with Crippen molar-refractivity contribution in [1.82, 2.24) is 0 Å². The van der Waals surface area contributed by atoms with Crippen LogP contribution in [0.1, 0.15) is 0 Å². The van der Waals surface area contributed by atoms with Crippen LogP contribution in [-0.2, 0) is 0 Å². The number of benzene rings is 1. The molecule has 0 aliphatic rings. The van der Waals surface area contributed by atoms with Crippen LogP contribution in [0.5, 0.6) is 5.75 Å². The van der Waals surface area contributed by atoms with Crippen molar-refractivity contribution in [2.24, 2.45) is 0 Å². The third-order valence-corrected chi connectivity index (χ3v) is 0.756. The summed E-state index contributed by atoms with van der Waals surface area (Å²) in [5, 5.41) is 22.6. The number of carboxylic acid groups (broad SMARTS) is 2. The fourth-order valence-electron chi connectivity index (χ4n) is 0.428. The maximum absolute atomic E-state index is 8.63. The van der Waals surface area contributed by atoms with Crippen LogP contribution in [-0.4, -0.2) is 51.0 Å². The van der Waals surface area contributed by atoms with Gasteiger partial charge in [-0.15, -0.1) is 0 Å². The van der Waals surface area contributed by atoms with E-state index in [4.69, 9.17) is 20.1 Å². The normalized spacial score (nSPS) is 7.00. The predicted molar refractivity (Wildman–Crippen MR) is 45.9 cm³/mol. The average Bonchev–Trinajstić information content (AvgIpc) is 1.87. The first-order chi connectivity index (χ1) is 5.13. The second-order valence-electron chi connectivity index (χ2n) is 1.62. The third kappa shape index (κ3) is 12.0. The Morgan fingerprint density at radius 3 is 1.58 bits per heavy atom. The minimum absolute atomic E-state index is 0. The van der Waals surface area contributed by atoms with E-state index in [1.54, 1.807) is 24.3 Å². The molecule has 0 saturated carbocycles. The molecule has 0 aliphatic carbocycles. The van der Waals surface area contributed by atoms with Crippen molar-refractivity contribution < 1.29 is 20.1 Å². The number of hydrogen-bond acceptors (Lipinski definition) is 2. The molecule has 1 rings (SSSR count). The molecule has 0 atom stereocenters. The predicted octanol–water partition coefficient (Wildman–Crippen LogP) is 0.966. The van der Waals surface area contributed by atoms with Gasteiger partial charge in [0.1, 0.15) is 5.75 Å². The number of aromatic hydroxyl groups is 1. The van der Waals surface area contributed by atoms with Crippen LogP contribution in [0.3, 0.4) is 0 Å². The summed E-state index contributed by atoms with van der Waals surface area (Å²) in [6.07, 6.45) is -1.83. The van der Waals surface area contributed by atoms with Gasteiger partial charge >= 0.3 is 35.7 Å². The Morgan fingerprint density at radius 1 is 1.08 bits per heavy atom. The molecule has 0 fully saturated rings. The maximum atomic E-state index is 8.63. The first-order valence-electron chi connectivity index (χ1n) is 2.79. The van der Waals surface area contributed by atoms with E-state index in [0.29, 0.717) is 5.75 Å². The summed E-state index contributed by atoms with van der Waals surface area (Å²) >= 11 is 0. The van der Waals surface area contributed by atoms with E-state index in [2.05, 4.69) is 0 Å². The quantitative estimate of drug-likeness (QED) is 0.520. The van der Waals surface area contributed by atoms with E-state index < -0.39 is 6.16 Å². The SMILES string of the molecule is O=C(O)O.Oc1ccccc1.[NaH]. The Hall–Kier alpha value is -0.710. The van der Waals surface area contributed by atoms with Crippen LogP contribution in [0.4, 0.5) is 4.79 Å². The molecule has 4 nitrogen and oxygen atoms in total. The van der Waals surface area contributed by atoms with E-state index in [0.717, 1.165) is 0 Å². The Kier molecular flexibility index (Phi) is 9.68. The minimum atomic E-state index is -1.83. The van der Waals surface area contributed by atoms with E-state index in [-0.39, 0.29) is 29.6 Å². The van der Waals surface area contributed by atoms with Crippen molar-refractivity contribution in [3.63, 3.8) is 0 Å². The van der Waals surface area contributed by atoms with E-state index >= 15 is 0 Å². The summed E-state index contributed by atoms with van der Waals surface area (Å²) in [5.74, 6) is 0.322. The van der Waals surface area contributed by atoms with Gasteiger partial charge < -0.3 is 15.3 Å². The summed E-state index contributed by atoms with van der Waals surface area (Å²) in [7, 11) is 0. The number of carbonyl (C=O) groups is 1. The fraction of sp³-hybridized carbons (Fsp3) is 0. The van der Waals surface area contributed by atoms with Gasteiger partial charge in [0.05, 0.1) is 0 Å². The Balaban J connectivity index is 0. The second kappa shape index (κ2) is 8.39. The van der Waals surface area contributed by atoms with Crippen molar-refractivity contribution in [3.8, 4) is 5.75 Å². The number of rotatable bonds is 0. The van der Waals surface area contributed by atoms with Gasteiger partial charge in [-0.25, -0.2) is 4.79 Å². The molecule has 1 aromatic carbocycles. The molecule has 0 aliphatic heterocycles. The molecular formula is C7H9NaO4. The molecule has 3 N–H and O–H groups in total. The molecule has 0 radical (unpaired) electrons. The second-order valence-corrected chi connectivity index (χ2v) is 1.62. The number of hydrogen-bond donors (Lipinski definition) is 3. The first kappa shape index (κ1) is 13.9. The van der Waals surface area contributed by atoms with Gasteiger partial charge in [-0.3, -0.25) is 0 Å². The zero-order valence-corrected chi connectivity index (χ0v) is 5.64. The van der Waals surface area contributed by atoms with Crippen molar-refractivity contribution in [2.45, 2.75) is 0 Å².